The van der Waals surface area contributed by atoms with Gasteiger partial charge < -0.3 is 9.64 Å². The highest BCUT2D eigenvalue weighted by Gasteiger charge is 2.31. The Morgan fingerprint density at radius 1 is 1.42 bits per heavy atom. The molecule has 0 unspecified atom stereocenters. The van der Waals surface area contributed by atoms with Crippen molar-refractivity contribution in [1.82, 2.24) is 4.90 Å². The molecule has 2 rings (SSSR count). The van der Waals surface area contributed by atoms with Gasteiger partial charge in [0.2, 0.25) is 5.91 Å². The van der Waals surface area contributed by atoms with Gasteiger partial charge >= 0.3 is 0 Å². The Balaban J connectivity index is 2.06. The summed E-state index contributed by atoms with van der Waals surface area (Å²) in [7, 11) is -3.32. The summed E-state index contributed by atoms with van der Waals surface area (Å²) in [6, 6.07) is 6.50. The Hall–Kier alpha value is -1.82. The second kappa shape index (κ2) is 5.05. The lowest BCUT2D eigenvalue weighted by Crippen LogP contribution is -2.55. The first-order valence-corrected chi connectivity index (χ1v) is 7.68. The Morgan fingerprint density at radius 2 is 2.05 bits per heavy atom. The van der Waals surface area contributed by atoms with Crippen LogP contribution in [0, 0.1) is 0 Å². The summed E-state index contributed by atoms with van der Waals surface area (Å²) in [6.45, 7) is 4.30. The number of ether oxygens (including phenoxy) is 1. The number of carbonyl (C=O) groups excluding carboxylic acids is 1. The lowest BCUT2D eigenvalue weighted by Gasteiger charge is -2.38. The van der Waals surface area contributed by atoms with Crippen molar-refractivity contribution < 1.29 is 17.9 Å². The van der Waals surface area contributed by atoms with E-state index in [4.69, 9.17) is 4.74 Å². The molecular formula is C13H15NO4S. The van der Waals surface area contributed by atoms with Crippen molar-refractivity contribution in [2.24, 2.45) is 0 Å². The van der Waals surface area contributed by atoms with Crippen molar-refractivity contribution in [1.29, 1.82) is 0 Å². The van der Waals surface area contributed by atoms with Gasteiger partial charge in [-0.3, -0.25) is 4.79 Å². The van der Waals surface area contributed by atoms with Gasteiger partial charge in [0.1, 0.15) is 16.7 Å². The van der Waals surface area contributed by atoms with Crippen LogP contribution in [0.15, 0.2) is 41.8 Å². The standard InChI is InChI=1S/C13H15NO4S/c1-3-13(15)14-8-10(9-14)18-11-6-4-5-7-12(11)19(2,16)17/h3-7,10H,1,8-9H2,2H3. The molecule has 19 heavy (non-hydrogen) atoms. The molecule has 1 saturated heterocycles. The number of carbonyl (C=O) groups is 1. The van der Waals surface area contributed by atoms with Gasteiger partial charge in [-0.2, -0.15) is 0 Å². The van der Waals surface area contributed by atoms with Crippen molar-refractivity contribution in [2.75, 3.05) is 19.3 Å². The van der Waals surface area contributed by atoms with Gasteiger partial charge in [0, 0.05) is 6.26 Å². The van der Waals surface area contributed by atoms with Crippen LogP contribution in [0.5, 0.6) is 5.75 Å². The predicted molar refractivity (Wildman–Crippen MR) is 70.7 cm³/mol. The number of hydrogen-bond acceptors (Lipinski definition) is 4. The molecule has 0 N–H and O–H groups in total. The van der Waals surface area contributed by atoms with Gasteiger partial charge in [-0.25, -0.2) is 8.42 Å². The third-order valence-corrected chi connectivity index (χ3v) is 4.01. The highest BCUT2D eigenvalue weighted by molar-refractivity contribution is 7.90. The van der Waals surface area contributed by atoms with Crippen LogP contribution in [0.1, 0.15) is 0 Å². The Kier molecular flexibility index (Phi) is 3.61. The van der Waals surface area contributed by atoms with E-state index in [1.165, 1.54) is 12.1 Å². The van der Waals surface area contributed by atoms with Crippen LogP contribution in [0.2, 0.25) is 0 Å². The van der Waals surface area contributed by atoms with Crippen LogP contribution < -0.4 is 4.74 Å². The minimum Gasteiger partial charge on any atom is -0.485 e. The van der Waals surface area contributed by atoms with E-state index in [9.17, 15) is 13.2 Å². The highest BCUT2D eigenvalue weighted by Crippen LogP contribution is 2.26. The van der Waals surface area contributed by atoms with Crippen LogP contribution in [0.25, 0.3) is 0 Å². The maximum absolute atomic E-state index is 11.6. The number of amides is 1. The number of sulfone groups is 1. The average Bonchev–Trinajstić information content (AvgIpc) is 2.31. The second-order valence-corrected chi connectivity index (χ2v) is 6.39. The number of nitrogens with zero attached hydrogens (tertiary/aromatic N) is 1. The molecule has 5 nitrogen and oxygen atoms in total. The molecule has 1 aromatic rings. The molecule has 0 atom stereocenters. The van der Waals surface area contributed by atoms with Crippen LogP contribution in [-0.4, -0.2) is 44.7 Å². The number of likely N-dealkylation sites (tertiary alicyclic amines) is 1. The molecule has 0 radical (unpaired) electrons. The zero-order valence-corrected chi connectivity index (χ0v) is 11.4. The predicted octanol–water partition coefficient (Wildman–Crippen LogP) is 0.866. The van der Waals surface area contributed by atoms with Crippen molar-refractivity contribution >= 4 is 15.7 Å². The van der Waals surface area contributed by atoms with Crippen LogP contribution in [0.4, 0.5) is 0 Å². The average molecular weight is 281 g/mol. The van der Waals surface area contributed by atoms with Crippen molar-refractivity contribution in [3.63, 3.8) is 0 Å². The minimum absolute atomic E-state index is 0.142. The molecule has 0 bridgehead atoms. The lowest BCUT2D eigenvalue weighted by molar-refractivity contribution is -0.134. The van der Waals surface area contributed by atoms with Crippen molar-refractivity contribution in [2.45, 2.75) is 11.0 Å². The number of benzene rings is 1. The fourth-order valence-electron chi connectivity index (χ4n) is 1.86. The van der Waals surface area contributed by atoms with Crippen molar-refractivity contribution in [3.8, 4) is 5.75 Å². The zero-order valence-electron chi connectivity index (χ0n) is 10.6. The molecule has 0 aromatic heterocycles. The van der Waals surface area contributed by atoms with Gasteiger partial charge in [0.25, 0.3) is 0 Å². The summed E-state index contributed by atoms with van der Waals surface area (Å²) in [6.07, 6.45) is 2.22. The van der Waals surface area contributed by atoms with E-state index >= 15 is 0 Å². The summed E-state index contributed by atoms with van der Waals surface area (Å²) in [4.78, 5) is 13.0. The fourth-order valence-corrected chi connectivity index (χ4v) is 2.66. The topological polar surface area (TPSA) is 63.7 Å². The van der Waals surface area contributed by atoms with E-state index < -0.39 is 9.84 Å². The van der Waals surface area contributed by atoms with Gasteiger partial charge in [0.15, 0.2) is 9.84 Å². The molecule has 0 aliphatic carbocycles. The monoisotopic (exact) mass is 281 g/mol. The number of hydrogen-bond donors (Lipinski definition) is 0. The SMILES string of the molecule is C=CC(=O)N1CC(Oc2ccccc2S(C)(=O)=O)C1. The highest BCUT2D eigenvalue weighted by atomic mass is 32.2. The second-order valence-electron chi connectivity index (χ2n) is 4.41. The zero-order chi connectivity index (χ0) is 14.0. The Bertz CT molecular complexity index is 603. The maximum Gasteiger partial charge on any atom is 0.246 e. The summed E-state index contributed by atoms with van der Waals surface area (Å²) < 4.78 is 28.8. The van der Waals surface area contributed by atoms with E-state index in [0.29, 0.717) is 18.8 Å². The maximum atomic E-state index is 11.6. The first-order chi connectivity index (χ1) is 8.91. The molecule has 6 heteroatoms. The van der Waals surface area contributed by atoms with Gasteiger partial charge in [-0.1, -0.05) is 18.7 Å². The molecule has 0 saturated carbocycles. The van der Waals surface area contributed by atoms with E-state index in [1.807, 2.05) is 0 Å². The molecule has 1 aliphatic heterocycles. The molecule has 0 spiro atoms. The van der Waals surface area contributed by atoms with Gasteiger partial charge in [0.05, 0.1) is 13.1 Å². The summed E-state index contributed by atoms with van der Waals surface area (Å²) >= 11 is 0. The smallest absolute Gasteiger partial charge is 0.246 e. The number of rotatable bonds is 4. The quantitative estimate of drug-likeness (QED) is 0.768. The normalized spacial score (nSPS) is 15.7. The molecule has 1 amide bonds. The molecule has 1 aliphatic rings. The van der Waals surface area contributed by atoms with Crippen LogP contribution >= 0.6 is 0 Å². The molecule has 1 fully saturated rings. The first-order valence-electron chi connectivity index (χ1n) is 5.79. The first kappa shape index (κ1) is 13.6. The van der Waals surface area contributed by atoms with E-state index in [-0.39, 0.29) is 16.9 Å². The van der Waals surface area contributed by atoms with E-state index in [2.05, 4.69) is 6.58 Å². The lowest BCUT2D eigenvalue weighted by atomic mass is 10.1. The van der Waals surface area contributed by atoms with Crippen molar-refractivity contribution in [3.05, 3.63) is 36.9 Å². The van der Waals surface area contributed by atoms with E-state index in [1.54, 1.807) is 23.1 Å². The molecule has 102 valence electrons. The minimum atomic E-state index is -3.32. The molecule has 1 heterocycles. The third kappa shape index (κ3) is 2.96. The molecular weight excluding hydrogens is 266 g/mol. The van der Waals surface area contributed by atoms with Gasteiger partial charge in [-0.05, 0) is 18.2 Å². The van der Waals surface area contributed by atoms with E-state index in [0.717, 1.165) is 6.26 Å². The summed E-state index contributed by atoms with van der Waals surface area (Å²) in [5.74, 6) is 0.192. The molecule has 1 aromatic carbocycles. The fraction of sp³-hybridized carbons (Fsp3) is 0.308. The summed E-state index contributed by atoms with van der Waals surface area (Å²) in [5, 5.41) is 0. The summed E-state index contributed by atoms with van der Waals surface area (Å²) in [5.41, 5.74) is 0. The largest absolute Gasteiger partial charge is 0.485 e. The van der Waals surface area contributed by atoms with Gasteiger partial charge in [-0.15, -0.1) is 0 Å². The Morgan fingerprint density at radius 3 is 2.63 bits per heavy atom. The van der Waals surface area contributed by atoms with Crippen LogP contribution in [0.3, 0.4) is 0 Å². The van der Waals surface area contributed by atoms with Crippen LogP contribution in [-0.2, 0) is 14.6 Å². The Labute approximate surface area is 112 Å². The number of para-hydroxylation sites is 1. The third-order valence-electron chi connectivity index (χ3n) is 2.88.